The number of aliphatic imine (C=N–C) groups is 1. The number of nitrogens with zero attached hydrogens (tertiary/aromatic N) is 3. The van der Waals surface area contributed by atoms with Crippen molar-refractivity contribution >= 4 is 40.8 Å². The van der Waals surface area contributed by atoms with Crippen molar-refractivity contribution in [1.29, 1.82) is 5.41 Å². The number of carbonyl (C=O) groups excluding carboxylic acids is 1. The first-order chi connectivity index (χ1) is 15.3. The Labute approximate surface area is 188 Å². The van der Waals surface area contributed by atoms with E-state index in [9.17, 15) is 9.59 Å². The van der Waals surface area contributed by atoms with Crippen LogP contribution in [0.25, 0.3) is 0 Å². The lowest BCUT2D eigenvalue weighted by atomic mass is 10.2. The second kappa shape index (κ2) is 10.2. The molecule has 0 spiro atoms. The van der Waals surface area contributed by atoms with Gasteiger partial charge >= 0.3 is 5.97 Å². The van der Waals surface area contributed by atoms with E-state index < -0.39 is 17.6 Å². The normalized spacial score (nSPS) is 11.0. The highest BCUT2D eigenvalue weighted by atomic mass is 35.5. The molecule has 9 nitrogen and oxygen atoms in total. The molecule has 3 aromatic rings. The summed E-state index contributed by atoms with van der Waals surface area (Å²) in [5, 5.41) is 17.1. The van der Waals surface area contributed by atoms with E-state index in [0.29, 0.717) is 27.9 Å². The van der Waals surface area contributed by atoms with E-state index in [1.54, 1.807) is 72.9 Å². The number of benzene rings is 2. The highest BCUT2D eigenvalue weighted by molar-refractivity contribution is 6.63. The maximum absolute atomic E-state index is 12.6. The average Bonchev–Trinajstić information content (AvgIpc) is 2.79. The fourth-order valence-electron chi connectivity index (χ4n) is 2.57. The lowest BCUT2D eigenvalue weighted by molar-refractivity contribution is -0.131. The summed E-state index contributed by atoms with van der Waals surface area (Å²) in [6.45, 7) is -0.0954. The highest BCUT2D eigenvalue weighted by Crippen LogP contribution is 2.23. The molecular formula is C22H18ClN5O4. The van der Waals surface area contributed by atoms with Gasteiger partial charge in [-0.25, -0.2) is 14.8 Å². The maximum Gasteiger partial charge on any atom is 0.359 e. The Bertz CT molecular complexity index is 1150. The first kappa shape index (κ1) is 22.4. The molecule has 0 saturated heterocycles. The highest BCUT2D eigenvalue weighted by Gasteiger charge is 2.26. The van der Waals surface area contributed by atoms with Gasteiger partial charge in [0.05, 0.1) is 12.2 Å². The number of hydrogen-bond acceptors (Lipinski definition) is 6. The van der Waals surface area contributed by atoms with Crippen molar-refractivity contribution in [2.24, 2.45) is 10.7 Å². The van der Waals surface area contributed by atoms with Crippen molar-refractivity contribution in [3.8, 4) is 11.6 Å². The van der Waals surface area contributed by atoms with Crippen LogP contribution in [0.15, 0.2) is 77.9 Å². The van der Waals surface area contributed by atoms with Crippen LogP contribution in [0.1, 0.15) is 5.56 Å². The molecule has 0 radical (unpaired) electrons. The molecule has 0 aliphatic heterocycles. The number of pyridine rings is 1. The van der Waals surface area contributed by atoms with Crippen LogP contribution in [0.4, 0.5) is 5.69 Å². The van der Waals surface area contributed by atoms with Crippen LogP contribution in [0.2, 0.25) is 5.02 Å². The van der Waals surface area contributed by atoms with Crippen LogP contribution in [-0.2, 0) is 16.1 Å². The summed E-state index contributed by atoms with van der Waals surface area (Å²) in [6.07, 6.45) is 1.61. The zero-order chi connectivity index (χ0) is 23.1. The Hall–Kier alpha value is -4.24. The van der Waals surface area contributed by atoms with E-state index >= 15 is 0 Å². The van der Waals surface area contributed by atoms with Gasteiger partial charge in [-0.3, -0.25) is 15.1 Å². The lowest BCUT2D eigenvalue weighted by Gasteiger charge is -2.21. The minimum Gasteiger partial charge on any atom is -0.476 e. The second-order valence-electron chi connectivity index (χ2n) is 6.43. The number of amides is 1. The van der Waals surface area contributed by atoms with Gasteiger partial charge in [0.2, 0.25) is 17.6 Å². The van der Waals surface area contributed by atoms with Crippen LogP contribution in [0.5, 0.6) is 11.6 Å². The Morgan fingerprint density at radius 2 is 1.78 bits per heavy atom. The molecule has 32 heavy (non-hydrogen) atoms. The monoisotopic (exact) mass is 451 g/mol. The zero-order valence-electron chi connectivity index (χ0n) is 16.6. The number of hydrogen-bond donors (Lipinski definition) is 3. The molecule has 0 unspecified atom stereocenters. The van der Waals surface area contributed by atoms with Gasteiger partial charge in [-0.2, -0.15) is 0 Å². The fraction of sp³-hybridized carbons (Fsp3) is 0.0455. The van der Waals surface area contributed by atoms with E-state index in [1.807, 2.05) is 0 Å². The number of ether oxygens (including phenoxy) is 1. The van der Waals surface area contributed by atoms with Crippen molar-refractivity contribution in [3.05, 3.63) is 83.5 Å². The first-order valence-corrected chi connectivity index (χ1v) is 9.62. The number of aliphatic carboxylic acids is 1. The van der Waals surface area contributed by atoms with Gasteiger partial charge in [0.25, 0.3) is 5.91 Å². The molecule has 10 heteroatoms. The summed E-state index contributed by atoms with van der Waals surface area (Å²) in [7, 11) is 0. The number of halogens is 1. The summed E-state index contributed by atoms with van der Waals surface area (Å²) in [4.78, 5) is 32.9. The molecule has 0 aliphatic carbocycles. The number of nitrogens with one attached hydrogen (secondary N) is 1. The van der Waals surface area contributed by atoms with Crippen LogP contribution >= 0.6 is 11.6 Å². The number of carbonyl (C=O) groups is 2. The molecule has 4 N–H and O–H groups in total. The predicted molar refractivity (Wildman–Crippen MR) is 119 cm³/mol. The van der Waals surface area contributed by atoms with E-state index in [4.69, 9.17) is 32.6 Å². The van der Waals surface area contributed by atoms with Crippen molar-refractivity contribution < 1.29 is 19.4 Å². The van der Waals surface area contributed by atoms with E-state index in [1.165, 1.54) is 0 Å². The quantitative estimate of drug-likeness (QED) is 0.284. The standard InChI is InChI=1S/C22H18ClN5O4/c23-15-6-4-14(5-7-15)13-28(20(29)19(24)21(30)31)22(25)27-16-8-10-17(11-9-16)32-18-3-1-2-12-26-18/h1-12,24H,13H2,(H2,25,27)(H,30,31). The summed E-state index contributed by atoms with van der Waals surface area (Å²) >= 11 is 5.88. The Morgan fingerprint density at radius 3 is 2.38 bits per heavy atom. The second-order valence-corrected chi connectivity index (χ2v) is 6.87. The molecule has 0 saturated carbocycles. The average molecular weight is 452 g/mol. The molecule has 0 fully saturated rings. The molecule has 2 aromatic carbocycles. The predicted octanol–water partition coefficient (Wildman–Crippen LogP) is 3.61. The third kappa shape index (κ3) is 5.89. The molecule has 0 aliphatic rings. The molecule has 1 amide bonds. The summed E-state index contributed by atoms with van der Waals surface area (Å²) in [5.74, 6) is -2.09. The minimum atomic E-state index is -1.67. The molecule has 0 bridgehead atoms. The van der Waals surface area contributed by atoms with Gasteiger partial charge in [0.1, 0.15) is 5.75 Å². The van der Waals surface area contributed by atoms with Crippen LogP contribution in [-0.4, -0.2) is 38.5 Å². The van der Waals surface area contributed by atoms with E-state index in [-0.39, 0.29) is 12.5 Å². The molecule has 0 atom stereocenters. The van der Waals surface area contributed by atoms with Crippen molar-refractivity contribution in [3.63, 3.8) is 0 Å². The fourth-order valence-corrected chi connectivity index (χ4v) is 2.69. The van der Waals surface area contributed by atoms with Crippen LogP contribution < -0.4 is 10.5 Å². The minimum absolute atomic E-state index is 0.0954. The maximum atomic E-state index is 12.6. The van der Waals surface area contributed by atoms with Gasteiger partial charge < -0.3 is 15.6 Å². The smallest absolute Gasteiger partial charge is 0.359 e. The van der Waals surface area contributed by atoms with Crippen molar-refractivity contribution in [1.82, 2.24) is 9.88 Å². The molecule has 162 valence electrons. The van der Waals surface area contributed by atoms with Crippen molar-refractivity contribution in [2.75, 3.05) is 0 Å². The SMILES string of the molecule is N=C(C(=O)O)C(=O)N(Cc1ccc(Cl)cc1)C(N)=Nc1ccc(Oc2ccccn2)cc1. The summed E-state index contributed by atoms with van der Waals surface area (Å²) in [5.41, 5.74) is 5.92. The third-order valence-corrected chi connectivity index (χ3v) is 4.40. The first-order valence-electron chi connectivity index (χ1n) is 9.25. The van der Waals surface area contributed by atoms with Gasteiger partial charge in [-0.15, -0.1) is 0 Å². The van der Waals surface area contributed by atoms with Gasteiger partial charge in [-0.05, 0) is 48.0 Å². The number of rotatable bonds is 7. The number of aromatic nitrogens is 1. The third-order valence-electron chi connectivity index (χ3n) is 4.14. The van der Waals surface area contributed by atoms with Gasteiger partial charge in [0.15, 0.2) is 0 Å². The van der Waals surface area contributed by atoms with Crippen LogP contribution in [0, 0.1) is 5.41 Å². The molecule has 1 heterocycles. The molecule has 1 aromatic heterocycles. The number of nitrogens with two attached hydrogens (primary N) is 1. The van der Waals surface area contributed by atoms with Gasteiger partial charge in [0, 0.05) is 17.3 Å². The zero-order valence-corrected chi connectivity index (χ0v) is 17.4. The van der Waals surface area contributed by atoms with Crippen molar-refractivity contribution in [2.45, 2.75) is 6.54 Å². The van der Waals surface area contributed by atoms with Gasteiger partial charge in [-0.1, -0.05) is 29.8 Å². The van der Waals surface area contributed by atoms with E-state index in [2.05, 4.69) is 9.98 Å². The Balaban J connectivity index is 1.83. The molecule has 3 rings (SSSR count). The Kier molecular flexibility index (Phi) is 7.14. The van der Waals surface area contributed by atoms with Crippen LogP contribution in [0.3, 0.4) is 0 Å². The summed E-state index contributed by atoms with van der Waals surface area (Å²) < 4.78 is 5.61. The Morgan fingerprint density at radius 1 is 1.09 bits per heavy atom. The largest absolute Gasteiger partial charge is 0.476 e. The topological polar surface area (TPSA) is 142 Å². The number of carboxylic acid groups (broad SMARTS) is 1. The van der Waals surface area contributed by atoms with E-state index in [0.717, 1.165) is 4.90 Å². The number of carboxylic acids is 1. The molecular weight excluding hydrogens is 434 g/mol. The summed E-state index contributed by atoms with van der Waals surface area (Å²) in [6, 6.07) is 18.3. The number of guanidine groups is 1. The lowest BCUT2D eigenvalue weighted by Crippen LogP contribution is -2.46.